The first-order chi connectivity index (χ1) is 3.81. The quantitative estimate of drug-likeness (QED) is 0.461. The van der Waals surface area contributed by atoms with Gasteiger partial charge in [0.05, 0.1) is 12.4 Å². The lowest BCUT2D eigenvalue weighted by atomic mass is 10.1. The summed E-state index contributed by atoms with van der Waals surface area (Å²) in [5.74, 6) is 1.00. The summed E-state index contributed by atoms with van der Waals surface area (Å²) in [6.45, 7) is 4.72. The molecule has 0 amide bonds. The zero-order valence-corrected chi connectivity index (χ0v) is 4.94. The second kappa shape index (κ2) is 1.09. The maximum absolute atomic E-state index is 5.24. The van der Waals surface area contributed by atoms with Gasteiger partial charge in [-0.15, -0.1) is 0 Å². The Morgan fingerprint density at radius 2 is 2.25 bits per heavy atom. The Morgan fingerprint density at radius 3 is 2.50 bits per heavy atom. The molecular weight excluding hydrogens is 100 g/mol. The van der Waals surface area contributed by atoms with E-state index in [2.05, 4.69) is 6.58 Å². The number of ether oxygens (including phenoxy) is 1. The van der Waals surface area contributed by atoms with E-state index in [1.165, 1.54) is 12.8 Å². The Morgan fingerprint density at radius 1 is 1.50 bits per heavy atom. The predicted octanol–water partition coefficient (Wildman–Crippen LogP) is 1.70. The third kappa shape index (κ3) is 0.473. The fraction of sp³-hybridized carbons (Fsp3) is 0.714. The molecule has 2 aliphatic rings. The molecule has 44 valence electrons. The summed E-state index contributed by atoms with van der Waals surface area (Å²) in [5.41, 5.74) is 0.594. The molecule has 1 saturated heterocycles. The van der Waals surface area contributed by atoms with E-state index in [9.17, 15) is 0 Å². The summed E-state index contributed by atoms with van der Waals surface area (Å²) in [7, 11) is 0. The van der Waals surface area contributed by atoms with Crippen LogP contribution < -0.4 is 0 Å². The van der Waals surface area contributed by atoms with Crippen LogP contribution in [0.5, 0.6) is 0 Å². The van der Waals surface area contributed by atoms with Gasteiger partial charge in [0.25, 0.3) is 0 Å². The van der Waals surface area contributed by atoms with Gasteiger partial charge >= 0.3 is 0 Å². The van der Waals surface area contributed by atoms with Crippen molar-refractivity contribution in [2.75, 3.05) is 6.61 Å². The highest BCUT2D eigenvalue weighted by molar-refractivity contribution is 5.07. The average Bonchev–Trinajstić information content (AvgIpc) is 2.34. The van der Waals surface area contributed by atoms with Gasteiger partial charge in [-0.1, -0.05) is 6.58 Å². The molecule has 0 aromatic heterocycles. The van der Waals surface area contributed by atoms with Crippen molar-refractivity contribution < 1.29 is 4.74 Å². The number of rotatable bonds is 0. The van der Waals surface area contributed by atoms with Crippen molar-refractivity contribution in [3.63, 3.8) is 0 Å². The van der Waals surface area contributed by atoms with Crippen molar-refractivity contribution in [3.05, 3.63) is 12.3 Å². The van der Waals surface area contributed by atoms with Gasteiger partial charge in [0.1, 0.15) is 0 Å². The van der Waals surface area contributed by atoms with Crippen LogP contribution >= 0.6 is 0 Å². The monoisotopic (exact) mass is 110 g/mol. The Labute approximate surface area is 49.3 Å². The average molecular weight is 110 g/mol. The Balaban J connectivity index is 2.13. The molecule has 2 rings (SSSR count). The van der Waals surface area contributed by atoms with Crippen LogP contribution in [-0.4, -0.2) is 6.61 Å². The SMILES string of the molecule is C=C1CC2(CC2)CO1. The van der Waals surface area contributed by atoms with Crippen LogP contribution in [0.3, 0.4) is 0 Å². The van der Waals surface area contributed by atoms with Crippen molar-refractivity contribution in [2.45, 2.75) is 19.3 Å². The topological polar surface area (TPSA) is 9.23 Å². The van der Waals surface area contributed by atoms with Gasteiger partial charge < -0.3 is 4.74 Å². The van der Waals surface area contributed by atoms with Crippen molar-refractivity contribution >= 4 is 0 Å². The van der Waals surface area contributed by atoms with Gasteiger partial charge in [-0.3, -0.25) is 0 Å². The van der Waals surface area contributed by atoms with Crippen LogP contribution in [0, 0.1) is 5.41 Å². The molecule has 2 fully saturated rings. The van der Waals surface area contributed by atoms with Crippen molar-refractivity contribution in [2.24, 2.45) is 5.41 Å². The molecule has 0 aromatic carbocycles. The Hall–Kier alpha value is -0.460. The maximum Gasteiger partial charge on any atom is 0.0937 e. The van der Waals surface area contributed by atoms with Crippen LogP contribution in [0.15, 0.2) is 12.3 Å². The third-order valence-corrected chi connectivity index (χ3v) is 2.11. The lowest BCUT2D eigenvalue weighted by Gasteiger charge is -1.94. The normalized spacial score (nSPS) is 30.8. The standard InChI is InChI=1S/C7H10O/c1-6-4-7(2-3-7)5-8-6/h1-5H2. The van der Waals surface area contributed by atoms with Gasteiger partial charge in [0.15, 0.2) is 0 Å². The molecule has 1 saturated carbocycles. The molecule has 1 aliphatic carbocycles. The highest BCUT2D eigenvalue weighted by Crippen LogP contribution is 2.54. The summed E-state index contributed by atoms with van der Waals surface area (Å²) in [6.07, 6.45) is 3.87. The summed E-state index contributed by atoms with van der Waals surface area (Å²) in [6, 6.07) is 0. The van der Waals surface area contributed by atoms with Crippen LogP contribution in [0.25, 0.3) is 0 Å². The number of allylic oxidation sites excluding steroid dienone is 1. The summed E-state index contributed by atoms with van der Waals surface area (Å²) in [5, 5.41) is 0. The predicted molar refractivity (Wildman–Crippen MR) is 31.4 cm³/mol. The zero-order valence-electron chi connectivity index (χ0n) is 4.94. The molecule has 0 aromatic rings. The molecule has 0 atom stereocenters. The van der Waals surface area contributed by atoms with Crippen molar-refractivity contribution in [3.8, 4) is 0 Å². The van der Waals surface area contributed by atoms with E-state index in [0.717, 1.165) is 18.8 Å². The molecule has 0 radical (unpaired) electrons. The van der Waals surface area contributed by atoms with E-state index in [4.69, 9.17) is 4.74 Å². The minimum Gasteiger partial charge on any atom is -0.498 e. The molecule has 1 heteroatoms. The van der Waals surface area contributed by atoms with E-state index in [0.29, 0.717) is 5.41 Å². The van der Waals surface area contributed by atoms with Gasteiger partial charge in [-0.05, 0) is 12.8 Å². The first-order valence-electron chi connectivity index (χ1n) is 3.11. The fourth-order valence-electron chi connectivity index (χ4n) is 1.27. The highest BCUT2D eigenvalue weighted by Gasteiger charge is 2.47. The Kier molecular flexibility index (Phi) is 0.605. The second-order valence-electron chi connectivity index (χ2n) is 3.00. The number of hydrogen-bond acceptors (Lipinski definition) is 1. The first-order valence-corrected chi connectivity index (χ1v) is 3.11. The van der Waals surface area contributed by atoms with E-state index < -0.39 is 0 Å². The third-order valence-electron chi connectivity index (χ3n) is 2.11. The summed E-state index contributed by atoms with van der Waals surface area (Å²) in [4.78, 5) is 0. The molecule has 1 heterocycles. The van der Waals surface area contributed by atoms with E-state index in [1.54, 1.807) is 0 Å². The van der Waals surface area contributed by atoms with Crippen LogP contribution in [0.4, 0.5) is 0 Å². The minimum absolute atomic E-state index is 0.594. The largest absolute Gasteiger partial charge is 0.498 e. The van der Waals surface area contributed by atoms with Gasteiger partial charge in [-0.25, -0.2) is 0 Å². The fourth-order valence-corrected chi connectivity index (χ4v) is 1.27. The smallest absolute Gasteiger partial charge is 0.0937 e. The summed E-state index contributed by atoms with van der Waals surface area (Å²) < 4.78 is 5.24. The van der Waals surface area contributed by atoms with Crippen molar-refractivity contribution in [1.29, 1.82) is 0 Å². The minimum atomic E-state index is 0.594. The molecule has 1 nitrogen and oxygen atoms in total. The Bertz CT molecular complexity index is 133. The molecule has 1 aliphatic heterocycles. The first kappa shape index (κ1) is 4.42. The molecule has 0 N–H and O–H groups in total. The van der Waals surface area contributed by atoms with Gasteiger partial charge in [-0.2, -0.15) is 0 Å². The lowest BCUT2D eigenvalue weighted by Crippen LogP contribution is -1.95. The molecule has 0 unspecified atom stereocenters. The molecule has 1 spiro atoms. The van der Waals surface area contributed by atoms with Crippen molar-refractivity contribution in [1.82, 2.24) is 0 Å². The second-order valence-corrected chi connectivity index (χ2v) is 3.00. The van der Waals surface area contributed by atoms with E-state index >= 15 is 0 Å². The molecule has 0 bridgehead atoms. The van der Waals surface area contributed by atoms with Crippen LogP contribution in [0.2, 0.25) is 0 Å². The van der Waals surface area contributed by atoms with E-state index in [1.807, 2.05) is 0 Å². The maximum atomic E-state index is 5.24. The van der Waals surface area contributed by atoms with Gasteiger partial charge in [0.2, 0.25) is 0 Å². The number of hydrogen-bond donors (Lipinski definition) is 0. The van der Waals surface area contributed by atoms with Gasteiger partial charge in [0, 0.05) is 11.8 Å². The highest BCUT2D eigenvalue weighted by atomic mass is 16.5. The molecule has 8 heavy (non-hydrogen) atoms. The van der Waals surface area contributed by atoms with E-state index in [-0.39, 0.29) is 0 Å². The lowest BCUT2D eigenvalue weighted by molar-refractivity contribution is 0.236. The molecular formula is C7H10O. The van der Waals surface area contributed by atoms with Crippen LogP contribution in [-0.2, 0) is 4.74 Å². The van der Waals surface area contributed by atoms with Crippen LogP contribution in [0.1, 0.15) is 19.3 Å². The summed E-state index contributed by atoms with van der Waals surface area (Å²) >= 11 is 0. The zero-order chi connectivity index (χ0) is 5.61.